The molecule has 2 heterocycles. The van der Waals surface area contributed by atoms with Gasteiger partial charge in [0.15, 0.2) is 5.15 Å². The monoisotopic (exact) mass is 278 g/mol. The predicted molar refractivity (Wildman–Crippen MR) is 57.6 cm³/mol. The zero-order valence-corrected chi connectivity index (χ0v) is 9.78. The van der Waals surface area contributed by atoms with Crippen molar-refractivity contribution in [1.29, 1.82) is 0 Å². The van der Waals surface area contributed by atoms with E-state index >= 15 is 0 Å². The summed E-state index contributed by atoms with van der Waals surface area (Å²) in [6, 6.07) is 3.55. The molecule has 5 heteroatoms. The average Bonchev–Trinajstić information content (AvgIpc) is 2.32. The van der Waals surface area contributed by atoms with E-state index in [-0.39, 0.29) is 0 Å². The van der Waals surface area contributed by atoms with Crippen LogP contribution in [0.2, 0.25) is 10.2 Å². The van der Waals surface area contributed by atoms with Gasteiger partial charge in [0.1, 0.15) is 0 Å². The van der Waals surface area contributed by atoms with Crippen LogP contribution in [-0.2, 0) is 0 Å². The number of aromatic nitrogens is 2. The lowest BCUT2D eigenvalue weighted by molar-refractivity contribution is 0.900. The highest BCUT2D eigenvalue weighted by molar-refractivity contribution is 9.10. The molecule has 68 valence electrons. The van der Waals surface area contributed by atoms with Gasteiger partial charge in [-0.15, -0.1) is 0 Å². The molecule has 2 rings (SSSR count). The predicted octanol–water partition coefficient (Wildman–Crippen LogP) is 3.71. The lowest BCUT2D eigenvalue weighted by Crippen LogP contribution is -1.93. The minimum absolute atomic E-state index is 0.392. The standard InChI is InChI=1S/C8H5BrCl2N2/c1-4-5(9)2-7-6(10)3-8(11)12-13(4)7/h2-3H,1H3. The second kappa shape index (κ2) is 3.15. The maximum absolute atomic E-state index is 5.98. The summed E-state index contributed by atoms with van der Waals surface area (Å²) in [4.78, 5) is 0. The maximum Gasteiger partial charge on any atom is 0.151 e. The van der Waals surface area contributed by atoms with E-state index < -0.39 is 0 Å². The molecule has 0 fully saturated rings. The van der Waals surface area contributed by atoms with E-state index in [1.165, 1.54) is 0 Å². The third-order valence-electron chi connectivity index (χ3n) is 1.84. The molecule has 2 aromatic heterocycles. The molecule has 0 unspecified atom stereocenters. The van der Waals surface area contributed by atoms with Gasteiger partial charge in [0.2, 0.25) is 0 Å². The van der Waals surface area contributed by atoms with Gasteiger partial charge in [0.05, 0.1) is 16.2 Å². The quantitative estimate of drug-likeness (QED) is 0.719. The molecule has 0 saturated heterocycles. The Morgan fingerprint density at radius 3 is 2.77 bits per heavy atom. The molecule has 0 saturated carbocycles. The molecule has 0 aromatic carbocycles. The second-order valence-corrected chi connectivity index (χ2v) is 4.34. The Labute approximate surface area is 93.6 Å². The molecule has 0 aliphatic rings. The molecule has 0 aliphatic carbocycles. The maximum atomic E-state index is 5.98. The Bertz CT molecular complexity index is 478. The average molecular weight is 280 g/mol. The zero-order chi connectivity index (χ0) is 9.59. The molecule has 0 radical (unpaired) electrons. The van der Waals surface area contributed by atoms with E-state index in [9.17, 15) is 0 Å². The molecular formula is C8H5BrCl2N2. The highest BCUT2D eigenvalue weighted by Gasteiger charge is 2.08. The van der Waals surface area contributed by atoms with Crippen molar-refractivity contribution in [3.63, 3.8) is 0 Å². The Hall–Kier alpha value is -0.250. The van der Waals surface area contributed by atoms with Crippen LogP contribution in [0, 0.1) is 6.92 Å². The highest BCUT2D eigenvalue weighted by atomic mass is 79.9. The number of rotatable bonds is 0. The van der Waals surface area contributed by atoms with Crippen molar-refractivity contribution >= 4 is 44.6 Å². The van der Waals surface area contributed by atoms with Gasteiger partial charge in [-0.05, 0) is 35.0 Å². The third kappa shape index (κ3) is 1.45. The van der Waals surface area contributed by atoms with Gasteiger partial charge in [0, 0.05) is 4.47 Å². The summed E-state index contributed by atoms with van der Waals surface area (Å²) in [5.41, 5.74) is 1.84. The van der Waals surface area contributed by atoms with E-state index in [0.717, 1.165) is 15.7 Å². The summed E-state index contributed by atoms with van der Waals surface area (Å²) in [6.07, 6.45) is 0. The van der Waals surface area contributed by atoms with Crippen LogP contribution in [0.5, 0.6) is 0 Å². The van der Waals surface area contributed by atoms with Crippen LogP contribution in [0.1, 0.15) is 5.69 Å². The first-order valence-corrected chi connectivity index (χ1v) is 5.14. The Balaban J connectivity index is 2.94. The molecule has 0 aliphatic heterocycles. The van der Waals surface area contributed by atoms with Crippen molar-refractivity contribution < 1.29 is 0 Å². The van der Waals surface area contributed by atoms with Crippen LogP contribution in [0.25, 0.3) is 5.52 Å². The van der Waals surface area contributed by atoms with E-state index in [1.54, 1.807) is 10.6 Å². The fraction of sp³-hybridized carbons (Fsp3) is 0.125. The van der Waals surface area contributed by atoms with Crippen LogP contribution >= 0.6 is 39.1 Å². The molecule has 0 bridgehead atoms. The largest absolute Gasteiger partial charge is 0.234 e. The molecular weight excluding hydrogens is 275 g/mol. The minimum atomic E-state index is 0.392. The third-order valence-corrected chi connectivity index (χ3v) is 3.13. The molecule has 0 atom stereocenters. The lowest BCUT2D eigenvalue weighted by Gasteiger charge is -1.99. The van der Waals surface area contributed by atoms with Gasteiger partial charge in [-0.25, -0.2) is 4.52 Å². The fourth-order valence-electron chi connectivity index (χ4n) is 1.17. The van der Waals surface area contributed by atoms with Crippen LogP contribution in [0.3, 0.4) is 0 Å². The van der Waals surface area contributed by atoms with Crippen molar-refractivity contribution in [3.8, 4) is 0 Å². The number of halogens is 3. The summed E-state index contributed by atoms with van der Waals surface area (Å²) in [7, 11) is 0. The van der Waals surface area contributed by atoms with Gasteiger partial charge in [-0.2, -0.15) is 5.10 Å². The van der Waals surface area contributed by atoms with E-state index in [1.807, 2.05) is 13.0 Å². The van der Waals surface area contributed by atoms with Crippen LogP contribution < -0.4 is 0 Å². The lowest BCUT2D eigenvalue weighted by atomic mass is 10.4. The first kappa shape index (κ1) is 9.31. The highest BCUT2D eigenvalue weighted by Crippen LogP contribution is 2.27. The molecule has 2 aromatic rings. The summed E-state index contributed by atoms with van der Waals surface area (Å²) >= 11 is 15.2. The Morgan fingerprint density at radius 1 is 1.38 bits per heavy atom. The molecule has 0 amide bonds. The summed E-state index contributed by atoms with van der Waals surface area (Å²) in [6.45, 7) is 1.94. The topological polar surface area (TPSA) is 17.3 Å². The van der Waals surface area contributed by atoms with Crippen LogP contribution in [0.4, 0.5) is 0 Å². The van der Waals surface area contributed by atoms with Crippen LogP contribution in [0.15, 0.2) is 16.6 Å². The van der Waals surface area contributed by atoms with Crippen molar-refractivity contribution in [3.05, 3.63) is 32.5 Å². The van der Waals surface area contributed by atoms with E-state index in [4.69, 9.17) is 23.2 Å². The Kier molecular flexibility index (Phi) is 2.26. The van der Waals surface area contributed by atoms with Crippen molar-refractivity contribution in [2.24, 2.45) is 0 Å². The minimum Gasteiger partial charge on any atom is -0.234 e. The molecule has 2 nitrogen and oxygen atoms in total. The second-order valence-electron chi connectivity index (χ2n) is 2.69. The summed E-state index contributed by atoms with van der Waals surface area (Å²) in [5, 5.41) is 5.12. The van der Waals surface area contributed by atoms with Gasteiger partial charge in [-0.1, -0.05) is 23.2 Å². The SMILES string of the molecule is Cc1c(Br)cc2c(Cl)cc(Cl)nn12. The zero-order valence-electron chi connectivity index (χ0n) is 6.68. The van der Waals surface area contributed by atoms with Crippen LogP contribution in [-0.4, -0.2) is 9.61 Å². The molecule has 13 heavy (non-hydrogen) atoms. The van der Waals surface area contributed by atoms with Gasteiger partial charge < -0.3 is 0 Å². The molecule has 0 N–H and O–H groups in total. The van der Waals surface area contributed by atoms with E-state index in [0.29, 0.717) is 10.2 Å². The van der Waals surface area contributed by atoms with Gasteiger partial charge in [0.25, 0.3) is 0 Å². The van der Waals surface area contributed by atoms with Crippen molar-refractivity contribution in [2.45, 2.75) is 6.92 Å². The summed E-state index contributed by atoms with van der Waals surface area (Å²) in [5.74, 6) is 0. The number of hydrogen-bond acceptors (Lipinski definition) is 1. The fourth-order valence-corrected chi connectivity index (χ4v) is 2.03. The summed E-state index contributed by atoms with van der Waals surface area (Å²) < 4.78 is 2.69. The Morgan fingerprint density at radius 2 is 2.08 bits per heavy atom. The number of hydrogen-bond donors (Lipinski definition) is 0. The number of aryl methyl sites for hydroxylation is 1. The van der Waals surface area contributed by atoms with Crippen molar-refractivity contribution in [1.82, 2.24) is 9.61 Å². The van der Waals surface area contributed by atoms with Gasteiger partial charge >= 0.3 is 0 Å². The number of fused-ring (bicyclic) bond motifs is 1. The van der Waals surface area contributed by atoms with Crippen molar-refractivity contribution in [2.75, 3.05) is 0 Å². The van der Waals surface area contributed by atoms with Gasteiger partial charge in [-0.3, -0.25) is 0 Å². The molecule has 0 spiro atoms. The normalized spacial score (nSPS) is 11.1. The van der Waals surface area contributed by atoms with E-state index in [2.05, 4.69) is 21.0 Å². The first-order valence-electron chi connectivity index (χ1n) is 3.59. The number of nitrogens with zero attached hydrogens (tertiary/aromatic N) is 2. The first-order chi connectivity index (χ1) is 6.09. The smallest absolute Gasteiger partial charge is 0.151 e.